The van der Waals surface area contributed by atoms with Crippen molar-refractivity contribution in [3.8, 4) is 0 Å². The quantitative estimate of drug-likeness (QED) is 0.762. The van der Waals surface area contributed by atoms with Crippen LogP contribution >= 0.6 is 23.2 Å². The smallest absolute Gasteiger partial charge is 0.186 e. The normalized spacial score (nSPS) is 10.9. The number of aromatic nitrogens is 2. The fraction of sp³-hybridized carbons (Fsp3) is 0.286. The summed E-state index contributed by atoms with van der Waals surface area (Å²) in [6, 6.07) is 3.92. The molecule has 0 aliphatic rings. The molecule has 0 N–H and O–H groups in total. The van der Waals surface area contributed by atoms with Crippen LogP contribution in [0.5, 0.6) is 0 Å². The van der Waals surface area contributed by atoms with Crippen LogP contribution in [0, 0.1) is 5.82 Å². The van der Waals surface area contributed by atoms with E-state index in [2.05, 4.69) is 5.10 Å². The van der Waals surface area contributed by atoms with Crippen LogP contribution in [0.4, 0.5) is 4.39 Å². The topological polar surface area (TPSA) is 44.1 Å². The van der Waals surface area contributed by atoms with E-state index >= 15 is 0 Å². The van der Waals surface area contributed by atoms with Gasteiger partial charge < -0.3 is 4.74 Å². The second-order valence-electron chi connectivity index (χ2n) is 4.39. The summed E-state index contributed by atoms with van der Waals surface area (Å²) in [6.07, 6.45) is 1.44. The van der Waals surface area contributed by atoms with E-state index in [1.807, 2.05) is 0 Å². The van der Waals surface area contributed by atoms with Crippen LogP contribution < -0.4 is 0 Å². The molecule has 0 aliphatic heterocycles. The fourth-order valence-electron chi connectivity index (χ4n) is 1.91. The van der Waals surface area contributed by atoms with Crippen molar-refractivity contribution in [1.82, 2.24) is 9.78 Å². The molecule has 1 aromatic heterocycles. The Balaban J connectivity index is 2.22. The third-order valence-electron chi connectivity index (χ3n) is 2.93. The summed E-state index contributed by atoms with van der Waals surface area (Å²) >= 11 is 11.9. The van der Waals surface area contributed by atoms with Gasteiger partial charge in [0.05, 0.1) is 24.4 Å². The molecule has 0 aliphatic carbocycles. The van der Waals surface area contributed by atoms with Gasteiger partial charge in [0, 0.05) is 18.6 Å². The van der Waals surface area contributed by atoms with Crippen molar-refractivity contribution in [1.29, 1.82) is 0 Å². The molecule has 0 saturated carbocycles. The SMILES string of the molecule is COCCn1ncc(Cl)c1C(=O)Cc1ccc(F)cc1Cl. The number of benzene rings is 1. The predicted molar refractivity (Wildman–Crippen MR) is 78.6 cm³/mol. The second kappa shape index (κ2) is 7.02. The largest absolute Gasteiger partial charge is 0.383 e. The maximum absolute atomic E-state index is 13.0. The molecule has 0 unspecified atom stereocenters. The summed E-state index contributed by atoms with van der Waals surface area (Å²) in [6.45, 7) is 0.830. The number of hydrogen-bond donors (Lipinski definition) is 0. The van der Waals surface area contributed by atoms with Crippen LogP contribution in [-0.4, -0.2) is 29.3 Å². The van der Waals surface area contributed by atoms with Gasteiger partial charge in [-0.3, -0.25) is 9.48 Å². The Morgan fingerprint density at radius 2 is 2.14 bits per heavy atom. The van der Waals surface area contributed by atoms with Gasteiger partial charge in [-0.15, -0.1) is 0 Å². The lowest BCUT2D eigenvalue weighted by Gasteiger charge is -2.08. The monoisotopic (exact) mass is 330 g/mol. The van der Waals surface area contributed by atoms with Gasteiger partial charge in [0.15, 0.2) is 5.78 Å². The van der Waals surface area contributed by atoms with Crippen LogP contribution in [0.15, 0.2) is 24.4 Å². The molecule has 0 fully saturated rings. The summed E-state index contributed by atoms with van der Waals surface area (Å²) in [5.41, 5.74) is 0.840. The maximum atomic E-state index is 13.0. The zero-order chi connectivity index (χ0) is 15.4. The molecule has 0 radical (unpaired) electrons. The van der Waals surface area contributed by atoms with Gasteiger partial charge in [-0.2, -0.15) is 5.10 Å². The van der Waals surface area contributed by atoms with Gasteiger partial charge >= 0.3 is 0 Å². The van der Waals surface area contributed by atoms with Crippen molar-refractivity contribution < 1.29 is 13.9 Å². The van der Waals surface area contributed by atoms with Crippen molar-refractivity contribution in [2.45, 2.75) is 13.0 Å². The number of Topliss-reactive ketones (excluding diaryl/α,β-unsaturated/α-hetero) is 1. The lowest BCUT2D eigenvalue weighted by molar-refractivity contribution is 0.0979. The van der Waals surface area contributed by atoms with Crippen LogP contribution in [0.1, 0.15) is 16.1 Å². The molecule has 0 atom stereocenters. The first-order valence-corrected chi connectivity index (χ1v) is 6.96. The van der Waals surface area contributed by atoms with E-state index in [0.29, 0.717) is 24.4 Å². The molecule has 21 heavy (non-hydrogen) atoms. The van der Waals surface area contributed by atoms with Crippen LogP contribution in [0.2, 0.25) is 10.0 Å². The average Bonchev–Trinajstić information content (AvgIpc) is 2.80. The summed E-state index contributed by atoms with van der Waals surface area (Å²) in [4.78, 5) is 12.4. The molecule has 1 heterocycles. The van der Waals surface area contributed by atoms with Crippen LogP contribution in [0.3, 0.4) is 0 Å². The highest BCUT2D eigenvalue weighted by Crippen LogP contribution is 2.22. The van der Waals surface area contributed by atoms with Gasteiger partial charge in [-0.05, 0) is 17.7 Å². The molecular formula is C14H13Cl2FN2O2. The Bertz CT molecular complexity index is 658. The number of nitrogens with zero attached hydrogens (tertiary/aromatic N) is 2. The third kappa shape index (κ3) is 3.81. The van der Waals surface area contributed by atoms with Crippen molar-refractivity contribution >= 4 is 29.0 Å². The molecule has 112 valence electrons. The Hall–Kier alpha value is -1.43. The average molecular weight is 331 g/mol. The first-order valence-electron chi connectivity index (χ1n) is 6.20. The molecule has 0 saturated heterocycles. The minimum atomic E-state index is -0.445. The molecular weight excluding hydrogens is 318 g/mol. The standard InChI is InChI=1S/C14H13Cl2FN2O2/c1-21-5-4-19-14(12(16)8-18-19)13(20)6-9-2-3-10(17)7-11(9)15/h2-3,7-8H,4-6H2,1H3. The van der Waals surface area contributed by atoms with E-state index in [0.717, 1.165) is 0 Å². The van der Waals surface area contributed by atoms with E-state index in [4.69, 9.17) is 27.9 Å². The Morgan fingerprint density at radius 3 is 2.81 bits per heavy atom. The van der Waals surface area contributed by atoms with E-state index < -0.39 is 5.82 Å². The number of hydrogen-bond acceptors (Lipinski definition) is 3. The molecule has 2 aromatic rings. The zero-order valence-electron chi connectivity index (χ0n) is 11.3. The number of rotatable bonds is 6. The molecule has 0 amide bonds. The highest BCUT2D eigenvalue weighted by Gasteiger charge is 2.19. The van der Waals surface area contributed by atoms with Gasteiger partial charge in [-0.25, -0.2) is 4.39 Å². The summed E-state index contributed by atoms with van der Waals surface area (Å²) in [7, 11) is 1.56. The van der Waals surface area contributed by atoms with Gasteiger partial charge in [0.25, 0.3) is 0 Å². The molecule has 0 spiro atoms. The first-order chi connectivity index (χ1) is 10.0. The van der Waals surface area contributed by atoms with Crippen molar-refractivity contribution in [3.05, 3.63) is 51.5 Å². The van der Waals surface area contributed by atoms with Crippen LogP contribution in [-0.2, 0) is 17.7 Å². The Kier molecular flexibility index (Phi) is 5.33. The van der Waals surface area contributed by atoms with Crippen molar-refractivity contribution in [3.63, 3.8) is 0 Å². The maximum Gasteiger partial charge on any atom is 0.186 e. The van der Waals surface area contributed by atoms with Crippen molar-refractivity contribution in [2.75, 3.05) is 13.7 Å². The molecule has 0 bridgehead atoms. The summed E-state index contributed by atoms with van der Waals surface area (Å²) in [5.74, 6) is -0.679. The summed E-state index contributed by atoms with van der Waals surface area (Å²) in [5, 5.41) is 4.53. The van der Waals surface area contributed by atoms with E-state index in [1.165, 1.54) is 29.1 Å². The number of ether oxygens (including phenoxy) is 1. The van der Waals surface area contributed by atoms with Gasteiger partial charge in [0.1, 0.15) is 11.5 Å². The number of carbonyl (C=O) groups is 1. The number of halogens is 3. The highest BCUT2D eigenvalue weighted by molar-refractivity contribution is 6.34. The molecule has 4 nitrogen and oxygen atoms in total. The van der Waals surface area contributed by atoms with Crippen molar-refractivity contribution in [2.24, 2.45) is 0 Å². The van der Waals surface area contributed by atoms with Gasteiger partial charge in [0.2, 0.25) is 0 Å². The molecule has 1 aromatic carbocycles. The highest BCUT2D eigenvalue weighted by atomic mass is 35.5. The van der Waals surface area contributed by atoms with Crippen LogP contribution in [0.25, 0.3) is 0 Å². The fourth-order valence-corrected chi connectivity index (χ4v) is 2.39. The Morgan fingerprint density at radius 1 is 1.38 bits per heavy atom. The van der Waals surface area contributed by atoms with E-state index in [1.54, 1.807) is 7.11 Å². The minimum Gasteiger partial charge on any atom is -0.383 e. The molecule has 2 rings (SSSR count). The number of ketones is 1. The van der Waals surface area contributed by atoms with Gasteiger partial charge in [-0.1, -0.05) is 29.3 Å². The molecule has 7 heteroatoms. The predicted octanol–water partition coefficient (Wildman–Crippen LogP) is 3.40. The lowest BCUT2D eigenvalue weighted by Crippen LogP contribution is -2.15. The first kappa shape index (κ1) is 15.9. The second-order valence-corrected chi connectivity index (χ2v) is 5.21. The number of carbonyl (C=O) groups excluding carboxylic acids is 1. The zero-order valence-corrected chi connectivity index (χ0v) is 12.8. The summed E-state index contributed by atoms with van der Waals surface area (Å²) < 4.78 is 19.5. The van der Waals surface area contributed by atoms with E-state index in [9.17, 15) is 9.18 Å². The lowest BCUT2D eigenvalue weighted by atomic mass is 10.1. The van der Waals surface area contributed by atoms with E-state index in [-0.39, 0.29) is 22.2 Å². The third-order valence-corrected chi connectivity index (χ3v) is 3.56. The number of methoxy groups -OCH3 is 1. The Labute approximate surface area is 131 Å². The minimum absolute atomic E-state index is 0.0253.